The Kier molecular flexibility index (Phi) is 8.27. The number of benzene rings is 1. The maximum atomic E-state index is 13.1. The Morgan fingerprint density at radius 3 is 2.56 bits per heavy atom. The highest BCUT2D eigenvalue weighted by molar-refractivity contribution is 5.95. The lowest BCUT2D eigenvalue weighted by molar-refractivity contribution is -0.139. The van der Waals surface area contributed by atoms with Crippen molar-refractivity contribution in [2.45, 2.75) is 19.9 Å². The van der Waals surface area contributed by atoms with Crippen LogP contribution in [0, 0.1) is 0 Å². The highest BCUT2D eigenvalue weighted by atomic mass is 16.5. The van der Waals surface area contributed by atoms with Crippen molar-refractivity contribution in [2.24, 2.45) is 0 Å². The number of aromatic nitrogens is 1. The van der Waals surface area contributed by atoms with Gasteiger partial charge in [-0.15, -0.1) is 0 Å². The van der Waals surface area contributed by atoms with Crippen molar-refractivity contribution in [2.75, 3.05) is 57.9 Å². The summed E-state index contributed by atoms with van der Waals surface area (Å²) in [7, 11) is 1.56. The zero-order valence-corrected chi connectivity index (χ0v) is 21.0. The Morgan fingerprint density at radius 1 is 1.08 bits per heavy atom. The third-order valence-corrected chi connectivity index (χ3v) is 6.20. The monoisotopic (exact) mass is 495 g/mol. The number of nitrogens with zero attached hydrogens (tertiary/aromatic N) is 3. The molecule has 1 unspecified atom stereocenters. The lowest BCUT2D eigenvalue weighted by atomic mass is 9.94. The number of anilines is 1. The fourth-order valence-corrected chi connectivity index (χ4v) is 4.48. The van der Waals surface area contributed by atoms with Crippen molar-refractivity contribution in [3.05, 3.63) is 59.4 Å². The molecule has 1 fully saturated rings. The van der Waals surface area contributed by atoms with Crippen LogP contribution in [0.4, 0.5) is 10.6 Å². The van der Waals surface area contributed by atoms with Crippen LogP contribution in [-0.2, 0) is 9.53 Å². The first kappa shape index (κ1) is 25.3. The molecule has 0 radical (unpaired) electrons. The van der Waals surface area contributed by atoms with Gasteiger partial charge >= 0.3 is 12.0 Å². The van der Waals surface area contributed by atoms with Crippen molar-refractivity contribution in [3.63, 3.8) is 0 Å². The second kappa shape index (κ2) is 11.8. The Hall–Kier alpha value is -3.79. The Labute approximate surface area is 211 Å². The van der Waals surface area contributed by atoms with E-state index in [0.717, 1.165) is 32.0 Å². The third-order valence-electron chi connectivity index (χ3n) is 6.20. The fourth-order valence-electron chi connectivity index (χ4n) is 4.48. The molecule has 2 aliphatic rings. The zero-order valence-electron chi connectivity index (χ0n) is 21.0. The molecule has 2 aromatic rings. The number of carbonyl (C=O) groups excluding carboxylic acids is 2. The van der Waals surface area contributed by atoms with Crippen molar-refractivity contribution < 1.29 is 23.8 Å². The average Bonchev–Trinajstić information content (AvgIpc) is 2.90. The number of rotatable bonds is 9. The van der Waals surface area contributed by atoms with Gasteiger partial charge in [-0.1, -0.05) is 12.1 Å². The standard InChI is InChI=1S/C26H33N5O5/c1-4-35-20-10-9-18(16-21(20)34-3)24-23(25(32)36-5-2)19(28-26(33)29-24)17-30-12-14-31(15-13-30)22-8-6-7-11-27-22/h6-11,16,24H,4-5,12-15,17H2,1-3H3,(H2,28,29,33). The zero-order chi connectivity index (χ0) is 25.5. The number of piperazine rings is 1. The molecule has 0 aliphatic carbocycles. The van der Waals surface area contributed by atoms with Crippen molar-refractivity contribution in [3.8, 4) is 11.5 Å². The summed E-state index contributed by atoms with van der Waals surface area (Å²) in [6, 6.07) is 10.2. The normalized spacial score (nSPS) is 18.4. The topological polar surface area (TPSA) is 105 Å². The number of methoxy groups -OCH3 is 1. The van der Waals surface area contributed by atoms with Gasteiger partial charge in [0.2, 0.25) is 0 Å². The highest BCUT2D eigenvalue weighted by Crippen LogP contribution is 2.35. The van der Waals surface area contributed by atoms with E-state index in [1.54, 1.807) is 32.4 Å². The largest absolute Gasteiger partial charge is 0.493 e. The molecule has 2 aliphatic heterocycles. The van der Waals surface area contributed by atoms with Gasteiger partial charge in [-0.2, -0.15) is 0 Å². The summed E-state index contributed by atoms with van der Waals surface area (Å²) in [5, 5.41) is 5.74. The SMILES string of the molecule is CCOC(=O)C1=C(CN2CCN(c3ccccn3)CC2)NC(=O)NC1c1ccc(OCC)c(OC)c1. The molecule has 36 heavy (non-hydrogen) atoms. The van der Waals surface area contributed by atoms with Gasteiger partial charge in [0.15, 0.2) is 11.5 Å². The molecule has 2 N–H and O–H groups in total. The Balaban J connectivity index is 1.60. The fraction of sp³-hybridized carbons (Fsp3) is 0.423. The van der Waals surface area contributed by atoms with E-state index in [1.807, 2.05) is 31.2 Å². The number of esters is 1. The van der Waals surface area contributed by atoms with Gasteiger partial charge in [0.25, 0.3) is 0 Å². The molecule has 1 saturated heterocycles. The van der Waals surface area contributed by atoms with Crippen LogP contribution in [0.15, 0.2) is 53.9 Å². The number of nitrogens with one attached hydrogen (secondary N) is 2. The average molecular weight is 496 g/mol. The van der Waals surface area contributed by atoms with Gasteiger partial charge in [0.05, 0.1) is 31.9 Å². The minimum Gasteiger partial charge on any atom is -0.493 e. The van der Waals surface area contributed by atoms with Crippen molar-refractivity contribution in [1.29, 1.82) is 0 Å². The van der Waals surface area contributed by atoms with E-state index in [1.165, 1.54) is 0 Å². The summed E-state index contributed by atoms with van der Waals surface area (Å²) in [5.74, 6) is 1.60. The molecule has 10 nitrogen and oxygen atoms in total. The third kappa shape index (κ3) is 5.71. The second-order valence-corrected chi connectivity index (χ2v) is 8.44. The maximum Gasteiger partial charge on any atom is 0.338 e. The molecule has 0 spiro atoms. The maximum absolute atomic E-state index is 13.1. The summed E-state index contributed by atoms with van der Waals surface area (Å²) < 4.78 is 16.5. The Morgan fingerprint density at radius 2 is 1.89 bits per heavy atom. The number of amides is 2. The van der Waals surface area contributed by atoms with Gasteiger partial charge in [0.1, 0.15) is 5.82 Å². The predicted molar refractivity (Wildman–Crippen MR) is 135 cm³/mol. The van der Waals surface area contributed by atoms with Gasteiger partial charge < -0.3 is 29.7 Å². The van der Waals surface area contributed by atoms with E-state index in [-0.39, 0.29) is 12.6 Å². The summed E-state index contributed by atoms with van der Waals surface area (Å²) in [4.78, 5) is 34.7. The molecule has 2 amide bonds. The molecule has 4 rings (SSSR count). The highest BCUT2D eigenvalue weighted by Gasteiger charge is 2.35. The van der Waals surface area contributed by atoms with Crippen LogP contribution in [0.2, 0.25) is 0 Å². The van der Waals surface area contributed by atoms with E-state index in [9.17, 15) is 9.59 Å². The molecule has 0 saturated carbocycles. The van der Waals surface area contributed by atoms with Crippen molar-refractivity contribution in [1.82, 2.24) is 20.5 Å². The molecule has 192 valence electrons. The number of carbonyl (C=O) groups is 2. The van der Waals surface area contributed by atoms with Gasteiger partial charge in [-0.25, -0.2) is 14.6 Å². The first-order chi connectivity index (χ1) is 17.5. The lowest BCUT2D eigenvalue weighted by Crippen LogP contribution is -2.52. The molecule has 3 heterocycles. The van der Waals surface area contributed by atoms with Crippen LogP contribution < -0.4 is 25.0 Å². The minimum absolute atomic E-state index is 0.228. The van der Waals surface area contributed by atoms with E-state index in [2.05, 4.69) is 25.4 Å². The van der Waals surface area contributed by atoms with E-state index in [4.69, 9.17) is 14.2 Å². The smallest absolute Gasteiger partial charge is 0.338 e. The lowest BCUT2D eigenvalue weighted by Gasteiger charge is -2.37. The molecule has 10 heteroatoms. The van der Waals surface area contributed by atoms with Crippen LogP contribution in [0.3, 0.4) is 0 Å². The molecular weight excluding hydrogens is 462 g/mol. The van der Waals surface area contributed by atoms with E-state index >= 15 is 0 Å². The summed E-state index contributed by atoms with van der Waals surface area (Å²) in [6.45, 7) is 7.92. The van der Waals surface area contributed by atoms with Gasteiger partial charge in [-0.05, 0) is 43.7 Å². The van der Waals surface area contributed by atoms with Crippen LogP contribution in [-0.4, -0.2) is 74.9 Å². The summed E-state index contributed by atoms with van der Waals surface area (Å²) in [6.07, 6.45) is 1.79. The first-order valence-corrected chi connectivity index (χ1v) is 12.2. The number of urea groups is 1. The number of hydrogen-bond donors (Lipinski definition) is 2. The quantitative estimate of drug-likeness (QED) is 0.512. The van der Waals surface area contributed by atoms with Gasteiger partial charge in [-0.3, -0.25) is 4.90 Å². The first-order valence-electron chi connectivity index (χ1n) is 12.2. The van der Waals surface area contributed by atoms with Crippen LogP contribution in [0.25, 0.3) is 0 Å². The number of hydrogen-bond acceptors (Lipinski definition) is 8. The number of ether oxygens (including phenoxy) is 3. The molecule has 1 aromatic heterocycles. The molecule has 1 aromatic carbocycles. The molecule has 1 atom stereocenters. The molecular formula is C26H33N5O5. The Bertz CT molecular complexity index is 1100. The van der Waals surface area contributed by atoms with Gasteiger partial charge in [0, 0.05) is 44.6 Å². The van der Waals surface area contributed by atoms with Crippen molar-refractivity contribution >= 4 is 17.8 Å². The van der Waals surface area contributed by atoms with Crippen LogP contribution in [0.1, 0.15) is 25.5 Å². The summed E-state index contributed by atoms with van der Waals surface area (Å²) in [5.41, 5.74) is 1.63. The molecule has 0 bridgehead atoms. The van der Waals surface area contributed by atoms with Crippen LogP contribution >= 0.6 is 0 Å². The van der Waals surface area contributed by atoms with E-state index < -0.39 is 12.0 Å². The minimum atomic E-state index is -0.688. The summed E-state index contributed by atoms with van der Waals surface area (Å²) >= 11 is 0. The predicted octanol–water partition coefficient (Wildman–Crippen LogP) is 2.48. The van der Waals surface area contributed by atoms with Crippen LogP contribution in [0.5, 0.6) is 11.5 Å². The second-order valence-electron chi connectivity index (χ2n) is 8.44. The number of pyridine rings is 1. The van der Waals surface area contributed by atoms with E-state index in [0.29, 0.717) is 41.5 Å².